The molecule has 0 radical (unpaired) electrons. The Morgan fingerprint density at radius 2 is 1.21 bits per heavy atom. The molecule has 0 aliphatic heterocycles. The summed E-state index contributed by atoms with van der Waals surface area (Å²) >= 11 is 0. The lowest BCUT2D eigenvalue weighted by Crippen LogP contribution is -2.20. The Balaban J connectivity index is 3.22. The van der Waals surface area contributed by atoms with Crippen molar-refractivity contribution in [3.8, 4) is 0 Å². The number of nitrogens with zero attached hydrogens (tertiary/aromatic N) is 2. The molecule has 0 bridgehead atoms. The third-order valence-electron chi connectivity index (χ3n) is 2.96. The van der Waals surface area contributed by atoms with Crippen LogP contribution in [0.3, 0.4) is 0 Å². The smallest absolute Gasteiger partial charge is 0.0457 e. The van der Waals surface area contributed by atoms with Crippen molar-refractivity contribution >= 4 is 5.69 Å². The monoisotopic (exact) mass is 262 g/mol. The highest BCUT2D eigenvalue weighted by molar-refractivity contribution is 5.58. The van der Waals surface area contributed by atoms with Gasteiger partial charge in [0.05, 0.1) is 0 Å². The Morgan fingerprint density at radius 3 is 1.47 bits per heavy atom. The fourth-order valence-electron chi connectivity index (χ4n) is 2.52. The molecule has 1 rings (SSSR count). The van der Waals surface area contributed by atoms with Crippen LogP contribution in [0.15, 0.2) is 12.4 Å². The molecule has 1 aromatic rings. The van der Waals surface area contributed by atoms with E-state index in [1.165, 1.54) is 16.8 Å². The van der Waals surface area contributed by atoms with E-state index in [1.54, 1.807) is 0 Å². The molecule has 0 atom stereocenters. The maximum absolute atomic E-state index is 4.47. The first-order valence-corrected chi connectivity index (χ1v) is 7.13. The number of hydrogen-bond acceptors (Lipinski definition) is 2. The Kier molecular flexibility index (Phi) is 4.65. The van der Waals surface area contributed by atoms with Crippen LogP contribution in [0.4, 0.5) is 5.69 Å². The summed E-state index contributed by atoms with van der Waals surface area (Å²) in [6, 6.07) is 0. The number of rotatable bonds is 3. The number of anilines is 1. The minimum absolute atomic E-state index is 0.285. The van der Waals surface area contributed by atoms with Crippen LogP contribution in [-0.4, -0.2) is 19.1 Å². The van der Waals surface area contributed by atoms with Crippen molar-refractivity contribution < 1.29 is 0 Å². The molecule has 2 heteroatoms. The molecule has 0 saturated heterocycles. The van der Waals surface area contributed by atoms with Gasteiger partial charge in [0.1, 0.15) is 0 Å². The van der Waals surface area contributed by atoms with Crippen molar-refractivity contribution in [2.45, 2.75) is 54.4 Å². The van der Waals surface area contributed by atoms with Gasteiger partial charge in [-0.25, -0.2) is 0 Å². The van der Waals surface area contributed by atoms with E-state index >= 15 is 0 Å². The van der Waals surface area contributed by atoms with Crippen LogP contribution in [0.5, 0.6) is 0 Å². The van der Waals surface area contributed by atoms with E-state index in [2.05, 4.69) is 65.5 Å². The highest BCUT2D eigenvalue weighted by Gasteiger charge is 2.20. The fraction of sp³-hybridized carbons (Fsp3) is 0.706. The van der Waals surface area contributed by atoms with Gasteiger partial charge in [-0.15, -0.1) is 0 Å². The molecule has 1 heterocycles. The number of aromatic nitrogens is 1. The summed E-state index contributed by atoms with van der Waals surface area (Å²) < 4.78 is 0. The predicted molar refractivity (Wildman–Crippen MR) is 84.9 cm³/mol. The van der Waals surface area contributed by atoms with E-state index in [9.17, 15) is 0 Å². The van der Waals surface area contributed by atoms with E-state index in [1.807, 2.05) is 12.4 Å². The van der Waals surface area contributed by atoms with Gasteiger partial charge >= 0.3 is 0 Å². The Labute approximate surface area is 119 Å². The van der Waals surface area contributed by atoms with Crippen LogP contribution in [0.2, 0.25) is 0 Å². The lowest BCUT2D eigenvalue weighted by Gasteiger charge is -2.28. The second-order valence-corrected chi connectivity index (χ2v) is 8.18. The maximum Gasteiger partial charge on any atom is 0.0457 e. The molecule has 0 aliphatic carbocycles. The van der Waals surface area contributed by atoms with Crippen LogP contribution in [0.1, 0.15) is 52.7 Å². The van der Waals surface area contributed by atoms with Crippen molar-refractivity contribution in [1.29, 1.82) is 0 Å². The minimum Gasteiger partial charge on any atom is -0.377 e. The molecule has 108 valence electrons. The zero-order valence-electron chi connectivity index (χ0n) is 14.0. The zero-order valence-corrected chi connectivity index (χ0v) is 14.0. The van der Waals surface area contributed by atoms with E-state index in [0.29, 0.717) is 0 Å². The highest BCUT2D eigenvalue weighted by Crippen LogP contribution is 2.32. The third-order valence-corrected chi connectivity index (χ3v) is 2.96. The van der Waals surface area contributed by atoms with E-state index in [-0.39, 0.29) is 10.8 Å². The predicted octanol–water partition coefficient (Wildman–Crippen LogP) is 4.32. The van der Waals surface area contributed by atoms with E-state index in [4.69, 9.17) is 0 Å². The molecule has 0 aliphatic rings. The Morgan fingerprint density at radius 1 is 0.842 bits per heavy atom. The molecule has 0 amide bonds. The Hall–Kier alpha value is -1.05. The van der Waals surface area contributed by atoms with Gasteiger partial charge in [-0.1, -0.05) is 41.5 Å². The van der Waals surface area contributed by atoms with E-state index < -0.39 is 0 Å². The van der Waals surface area contributed by atoms with Gasteiger partial charge in [0.2, 0.25) is 0 Å². The topological polar surface area (TPSA) is 16.1 Å². The largest absolute Gasteiger partial charge is 0.377 e. The van der Waals surface area contributed by atoms with Gasteiger partial charge in [0.15, 0.2) is 0 Å². The van der Waals surface area contributed by atoms with Crippen molar-refractivity contribution in [2.24, 2.45) is 10.8 Å². The molecular formula is C17H30N2. The molecule has 0 saturated carbocycles. The van der Waals surface area contributed by atoms with Gasteiger partial charge in [0.25, 0.3) is 0 Å². The van der Waals surface area contributed by atoms with Gasteiger partial charge < -0.3 is 4.90 Å². The summed E-state index contributed by atoms with van der Waals surface area (Å²) in [6.07, 6.45) is 6.19. The SMILES string of the molecule is CN(C)c1c(CC(C)(C)C)cncc1CC(C)(C)C. The average molecular weight is 262 g/mol. The van der Waals surface area contributed by atoms with Crippen molar-refractivity contribution in [2.75, 3.05) is 19.0 Å². The molecule has 1 aromatic heterocycles. The lowest BCUT2D eigenvalue weighted by molar-refractivity contribution is 0.405. The molecule has 0 fully saturated rings. The quantitative estimate of drug-likeness (QED) is 0.806. The molecule has 0 spiro atoms. The second-order valence-electron chi connectivity index (χ2n) is 8.18. The molecule has 0 unspecified atom stereocenters. The summed E-state index contributed by atoms with van der Waals surface area (Å²) in [5, 5.41) is 0. The summed E-state index contributed by atoms with van der Waals surface area (Å²) in [6.45, 7) is 13.7. The normalized spacial score (nSPS) is 12.6. The molecule has 0 N–H and O–H groups in total. The zero-order chi connectivity index (χ0) is 14.8. The lowest BCUT2D eigenvalue weighted by atomic mass is 9.84. The number of hydrogen-bond donors (Lipinski definition) is 0. The van der Waals surface area contributed by atoms with E-state index in [0.717, 1.165) is 12.8 Å². The van der Waals surface area contributed by atoms with Gasteiger partial charge in [0, 0.05) is 32.2 Å². The highest BCUT2D eigenvalue weighted by atomic mass is 15.1. The van der Waals surface area contributed by atoms with Gasteiger partial charge in [-0.3, -0.25) is 4.98 Å². The molecule has 19 heavy (non-hydrogen) atoms. The fourth-order valence-corrected chi connectivity index (χ4v) is 2.52. The Bertz CT molecular complexity index is 386. The van der Waals surface area contributed by atoms with Crippen molar-refractivity contribution in [3.63, 3.8) is 0 Å². The standard InChI is InChI=1S/C17H30N2/c1-16(2,3)9-13-11-18-12-14(10-17(4,5)6)15(13)19(7)8/h11-12H,9-10H2,1-8H3. The van der Waals surface area contributed by atoms with Crippen LogP contribution in [-0.2, 0) is 12.8 Å². The maximum atomic E-state index is 4.47. The third kappa shape index (κ3) is 5.22. The van der Waals surface area contributed by atoms with Crippen LogP contribution >= 0.6 is 0 Å². The summed E-state index contributed by atoms with van der Waals surface area (Å²) in [5.41, 5.74) is 4.65. The van der Waals surface area contributed by atoms with Crippen LogP contribution in [0.25, 0.3) is 0 Å². The summed E-state index contributed by atoms with van der Waals surface area (Å²) in [5.74, 6) is 0. The first-order valence-electron chi connectivity index (χ1n) is 7.13. The van der Waals surface area contributed by atoms with Crippen LogP contribution < -0.4 is 4.90 Å². The average Bonchev–Trinajstić information content (AvgIpc) is 2.11. The second kappa shape index (κ2) is 5.52. The van der Waals surface area contributed by atoms with Gasteiger partial charge in [-0.2, -0.15) is 0 Å². The first-order chi connectivity index (χ1) is 8.49. The van der Waals surface area contributed by atoms with Gasteiger partial charge in [-0.05, 0) is 34.8 Å². The van der Waals surface area contributed by atoms with Crippen molar-refractivity contribution in [1.82, 2.24) is 4.98 Å². The molecule has 2 nitrogen and oxygen atoms in total. The summed E-state index contributed by atoms with van der Waals surface area (Å²) in [7, 11) is 4.27. The number of pyridine rings is 1. The van der Waals surface area contributed by atoms with Crippen molar-refractivity contribution in [3.05, 3.63) is 23.5 Å². The first kappa shape index (κ1) is 16.0. The minimum atomic E-state index is 0.285. The van der Waals surface area contributed by atoms with Crippen LogP contribution in [0, 0.1) is 10.8 Å². The molecular weight excluding hydrogens is 232 g/mol. The molecule has 0 aromatic carbocycles. The summed E-state index contributed by atoms with van der Waals surface area (Å²) in [4.78, 5) is 6.71.